The fraction of sp³-hybridized carbons (Fsp3) is 0.300. The van der Waals surface area contributed by atoms with Crippen molar-refractivity contribution in [3.63, 3.8) is 0 Å². The van der Waals surface area contributed by atoms with Crippen LogP contribution >= 0.6 is 15.9 Å². The summed E-state index contributed by atoms with van der Waals surface area (Å²) in [4.78, 5) is 22.6. The average Bonchev–Trinajstić information content (AvgIpc) is 3.35. The van der Waals surface area contributed by atoms with E-state index >= 15 is 0 Å². The molecule has 0 amide bonds. The van der Waals surface area contributed by atoms with Crippen LogP contribution in [0.15, 0.2) is 57.4 Å². The Morgan fingerprint density at radius 2 is 1.84 bits per heavy atom. The number of aromatic nitrogens is 3. The molecule has 0 aliphatic heterocycles. The number of rotatable bonds is 5. The van der Waals surface area contributed by atoms with Gasteiger partial charge in [-0.25, -0.2) is 14.8 Å². The quantitative estimate of drug-likeness (QED) is 0.205. The van der Waals surface area contributed by atoms with Crippen molar-refractivity contribution in [1.82, 2.24) is 14.5 Å². The summed E-state index contributed by atoms with van der Waals surface area (Å²) in [6.07, 6.45) is 0.818. The number of fused-ring (bicyclic) bond motifs is 2. The number of aryl methyl sites for hydroxylation is 3. The van der Waals surface area contributed by atoms with Crippen LogP contribution in [0.5, 0.6) is 0 Å². The van der Waals surface area contributed by atoms with E-state index in [0.717, 1.165) is 55.7 Å². The number of benzene rings is 2. The van der Waals surface area contributed by atoms with Crippen LogP contribution in [-0.2, 0) is 17.7 Å². The van der Waals surface area contributed by atoms with Gasteiger partial charge in [0.2, 0.25) is 0 Å². The number of esters is 1. The van der Waals surface area contributed by atoms with Crippen molar-refractivity contribution >= 4 is 44.0 Å². The summed E-state index contributed by atoms with van der Waals surface area (Å²) in [6.45, 7) is 12.4. The number of carbonyl (C=O) groups is 1. The molecule has 0 N–H and O–H groups in total. The summed E-state index contributed by atoms with van der Waals surface area (Å²) in [7, 11) is 0. The first-order chi connectivity index (χ1) is 17.6. The van der Waals surface area contributed by atoms with E-state index in [4.69, 9.17) is 19.1 Å². The third-order valence-corrected chi connectivity index (χ3v) is 7.03. The topological polar surface area (TPSA) is 70.2 Å². The van der Waals surface area contributed by atoms with Crippen LogP contribution in [0.2, 0.25) is 0 Å². The Bertz CT molecular complexity index is 1660. The van der Waals surface area contributed by atoms with Crippen LogP contribution in [0.4, 0.5) is 0 Å². The smallest absolute Gasteiger partial charge is 0.339 e. The highest BCUT2D eigenvalue weighted by Gasteiger charge is 2.24. The maximum Gasteiger partial charge on any atom is 0.339 e. The Kier molecular flexibility index (Phi) is 6.44. The van der Waals surface area contributed by atoms with E-state index in [-0.39, 0.29) is 5.97 Å². The van der Waals surface area contributed by atoms with Crippen molar-refractivity contribution in [2.45, 2.75) is 60.1 Å². The molecule has 0 aliphatic carbocycles. The lowest BCUT2D eigenvalue weighted by molar-refractivity contribution is 0.00702. The number of hydrogen-bond acceptors (Lipinski definition) is 5. The van der Waals surface area contributed by atoms with E-state index in [0.29, 0.717) is 23.4 Å². The number of imidazole rings is 1. The summed E-state index contributed by atoms with van der Waals surface area (Å²) in [5.74, 6) is 1.23. The molecule has 0 spiro atoms. The molecule has 6 nitrogen and oxygen atoms in total. The molecule has 0 atom stereocenters. The molecule has 2 aromatic carbocycles. The SMILES string of the molecule is CCc1nc2c(C)cc(C)nc2n1Cc1ccc2oc(-c3ccccc3C(=O)OC(C)(C)C)c(Br)c2c1. The van der Waals surface area contributed by atoms with Gasteiger partial charge in [-0.05, 0) is 85.9 Å². The number of carbonyl (C=O) groups excluding carboxylic acids is 1. The van der Waals surface area contributed by atoms with Gasteiger partial charge in [0.05, 0.1) is 16.6 Å². The van der Waals surface area contributed by atoms with E-state index in [2.05, 4.69) is 52.5 Å². The van der Waals surface area contributed by atoms with Crippen molar-refractivity contribution < 1.29 is 13.9 Å². The molecule has 0 radical (unpaired) electrons. The number of halogens is 1. The predicted octanol–water partition coefficient (Wildman–Crippen LogP) is 7.79. The third kappa shape index (κ3) is 4.80. The molecule has 3 aromatic heterocycles. The van der Waals surface area contributed by atoms with Crippen LogP contribution in [0, 0.1) is 13.8 Å². The van der Waals surface area contributed by atoms with E-state index < -0.39 is 5.60 Å². The fourth-order valence-electron chi connectivity index (χ4n) is 4.65. The second-order valence-corrected chi connectivity index (χ2v) is 11.1. The van der Waals surface area contributed by atoms with Gasteiger partial charge in [-0.2, -0.15) is 0 Å². The molecule has 0 unspecified atom stereocenters. The second kappa shape index (κ2) is 9.45. The maximum absolute atomic E-state index is 12.9. The van der Waals surface area contributed by atoms with Crippen LogP contribution < -0.4 is 0 Å². The monoisotopic (exact) mass is 559 g/mol. The predicted molar refractivity (Wildman–Crippen MR) is 150 cm³/mol. The molecule has 0 saturated heterocycles. The van der Waals surface area contributed by atoms with Crippen LogP contribution in [-0.4, -0.2) is 26.1 Å². The van der Waals surface area contributed by atoms with E-state index in [1.165, 1.54) is 0 Å². The molecule has 0 bridgehead atoms. The lowest BCUT2D eigenvalue weighted by Crippen LogP contribution is -2.24. The van der Waals surface area contributed by atoms with Crippen LogP contribution in [0.25, 0.3) is 33.5 Å². The van der Waals surface area contributed by atoms with Crippen molar-refractivity contribution in [1.29, 1.82) is 0 Å². The summed E-state index contributed by atoms with van der Waals surface area (Å²) >= 11 is 3.76. The van der Waals surface area contributed by atoms with E-state index in [1.54, 1.807) is 6.07 Å². The van der Waals surface area contributed by atoms with Gasteiger partial charge in [-0.1, -0.05) is 31.2 Å². The highest BCUT2D eigenvalue weighted by Crippen LogP contribution is 2.40. The minimum Gasteiger partial charge on any atom is -0.456 e. The van der Waals surface area contributed by atoms with Gasteiger partial charge in [0, 0.05) is 23.1 Å². The number of pyridine rings is 1. The normalized spacial score (nSPS) is 12.0. The minimum atomic E-state index is -0.592. The van der Waals surface area contributed by atoms with Crippen LogP contribution in [0.3, 0.4) is 0 Å². The highest BCUT2D eigenvalue weighted by molar-refractivity contribution is 9.10. The Hall–Kier alpha value is -3.45. The van der Waals surface area contributed by atoms with Gasteiger partial charge < -0.3 is 13.7 Å². The second-order valence-electron chi connectivity index (χ2n) is 10.3. The number of hydrogen-bond donors (Lipinski definition) is 0. The molecule has 190 valence electrons. The third-order valence-electron chi connectivity index (χ3n) is 6.24. The van der Waals surface area contributed by atoms with Gasteiger partial charge in [0.1, 0.15) is 28.3 Å². The first-order valence-electron chi connectivity index (χ1n) is 12.4. The van der Waals surface area contributed by atoms with Gasteiger partial charge in [-0.15, -0.1) is 0 Å². The zero-order valence-electron chi connectivity index (χ0n) is 22.0. The molecule has 0 aliphatic rings. The Morgan fingerprint density at radius 1 is 1.08 bits per heavy atom. The summed E-state index contributed by atoms with van der Waals surface area (Å²) in [5, 5.41) is 0.939. The molecular formula is C30H30BrN3O3. The minimum absolute atomic E-state index is 0.381. The van der Waals surface area contributed by atoms with Gasteiger partial charge in [0.15, 0.2) is 5.65 Å². The van der Waals surface area contributed by atoms with Crippen molar-refractivity contribution in [2.75, 3.05) is 0 Å². The van der Waals surface area contributed by atoms with Gasteiger partial charge >= 0.3 is 5.97 Å². The lowest BCUT2D eigenvalue weighted by atomic mass is 10.0. The van der Waals surface area contributed by atoms with Gasteiger partial charge in [0.25, 0.3) is 0 Å². The van der Waals surface area contributed by atoms with E-state index in [9.17, 15) is 4.79 Å². The van der Waals surface area contributed by atoms with E-state index in [1.807, 2.05) is 52.0 Å². The molecule has 3 heterocycles. The zero-order chi connectivity index (χ0) is 26.5. The Balaban J connectivity index is 1.56. The summed E-state index contributed by atoms with van der Waals surface area (Å²) < 4.78 is 14.9. The fourth-order valence-corrected chi connectivity index (χ4v) is 5.25. The molecule has 0 fully saturated rings. The standard InChI is InChI=1S/C30H30BrN3O3/c1-7-24-33-26-17(2)14-18(3)32-28(26)34(24)16-19-12-13-23-22(15-19)25(31)27(36-23)20-10-8-9-11-21(20)29(35)37-30(4,5)6/h8-15H,7,16H2,1-6H3. The Labute approximate surface area is 224 Å². The van der Waals surface area contributed by atoms with Crippen molar-refractivity contribution in [3.05, 3.63) is 81.2 Å². The van der Waals surface area contributed by atoms with Crippen LogP contribution in [0.1, 0.15) is 60.7 Å². The van der Waals surface area contributed by atoms with Crippen molar-refractivity contribution in [3.8, 4) is 11.3 Å². The van der Waals surface area contributed by atoms with Crippen molar-refractivity contribution in [2.24, 2.45) is 0 Å². The molecule has 5 rings (SSSR count). The zero-order valence-corrected chi connectivity index (χ0v) is 23.6. The number of nitrogens with zero attached hydrogens (tertiary/aromatic N) is 3. The maximum atomic E-state index is 12.9. The molecule has 7 heteroatoms. The number of furan rings is 1. The summed E-state index contributed by atoms with van der Waals surface area (Å²) in [6, 6.07) is 15.6. The lowest BCUT2D eigenvalue weighted by Gasteiger charge is -2.20. The molecule has 0 saturated carbocycles. The molecule has 37 heavy (non-hydrogen) atoms. The average molecular weight is 560 g/mol. The molecular weight excluding hydrogens is 530 g/mol. The largest absolute Gasteiger partial charge is 0.456 e. The first kappa shape index (κ1) is 25.2. The summed E-state index contributed by atoms with van der Waals surface area (Å²) in [5.41, 5.74) is 6.38. The highest BCUT2D eigenvalue weighted by atomic mass is 79.9. The first-order valence-corrected chi connectivity index (χ1v) is 13.2. The molecule has 5 aromatic rings. The number of ether oxygens (including phenoxy) is 1. The van der Waals surface area contributed by atoms with Gasteiger partial charge in [-0.3, -0.25) is 0 Å². The Morgan fingerprint density at radius 3 is 2.57 bits per heavy atom.